The fourth-order valence-corrected chi connectivity index (χ4v) is 4.06. The molecule has 2 aliphatic carbocycles. The zero-order valence-electron chi connectivity index (χ0n) is 11.9. The molecule has 0 amide bonds. The molecule has 4 heteroatoms. The SMILES string of the molecule is CC1=CC[C@@H]2[C@H](C1OO)[C@H]([C@@H](C)C(=O)O)CC[C@H]2C. The van der Waals surface area contributed by atoms with Crippen molar-refractivity contribution < 1.29 is 20.0 Å². The van der Waals surface area contributed by atoms with E-state index in [9.17, 15) is 15.2 Å². The summed E-state index contributed by atoms with van der Waals surface area (Å²) in [6.45, 7) is 5.96. The summed E-state index contributed by atoms with van der Waals surface area (Å²) in [6, 6.07) is 0. The second kappa shape index (κ2) is 5.63. The maximum Gasteiger partial charge on any atom is 0.306 e. The summed E-state index contributed by atoms with van der Waals surface area (Å²) in [6.07, 6.45) is 4.73. The third-order valence-corrected chi connectivity index (χ3v) is 5.33. The van der Waals surface area contributed by atoms with Crippen LogP contribution in [-0.2, 0) is 9.68 Å². The molecule has 108 valence electrons. The number of carboxylic acids is 1. The first-order valence-corrected chi connectivity index (χ1v) is 7.17. The lowest BCUT2D eigenvalue weighted by Gasteiger charge is -2.48. The first kappa shape index (κ1) is 14.5. The lowest BCUT2D eigenvalue weighted by Crippen LogP contribution is -2.47. The minimum Gasteiger partial charge on any atom is -0.481 e. The molecule has 2 rings (SSSR count). The summed E-state index contributed by atoms with van der Waals surface area (Å²) >= 11 is 0. The van der Waals surface area contributed by atoms with Gasteiger partial charge in [-0.3, -0.25) is 10.1 Å². The van der Waals surface area contributed by atoms with E-state index in [0.29, 0.717) is 11.8 Å². The summed E-state index contributed by atoms with van der Waals surface area (Å²) in [5.74, 6) is 0.0424. The van der Waals surface area contributed by atoms with E-state index in [1.54, 1.807) is 6.92 Å². The Morgan fingerprint density at radius 1 is 1.47 bits per heavy atom. The molecule has 19 heavy (non-hydrogen) atoms. The molecular formula is C15H24O4. The van der Waals surface area contributed by atoms with Crippen LogP contribution in [-0.4, -0.2) is 22.4 Å². The molecule has 0 heterocycles. The normalized spacial score (nSPS) is 40.2. The molecule has 0 aromatic rings. The first-order chi connectivity index (χ1) is 8.97. The van der Waals surface area contributed by atoms with E-state index in [4.69, 9.17) is 4.89 Å². The summed E-state index contributed by atoms with van der Waals surface area (Å²) < 4.78 is 0. The molecule has 0 aromatic carbocycles. The second-order valence-corrected chi connectivity index (χ2v) is 6.30. The van der Waals surface area contributed by atoms with Crippen LogP contribution in [0.3, 0.4) is 0 Å². The molecule has 0 aliphatic heterocycles. The number of rotatable bonds is 3. The van der Waals surface area contributed by atoms with E-state index < -0.39 is 5.97 Å². The Hall–Kier alpha value is -0.870. The largest absolute Gasteiger partial charge is 0.481 e. The number of hydrogen-bond donors (Lipinski definition) is 2. The number of hydrogen-bond acceptors (Lipinski definition) is 3. The molecule has 0 aromatic heterocycles. The molecule has 1 fully saturated rings. The third-order valence-electron chi connectivity index (χ3n) is 5.33. The van der Waals surface area contributed by atoms with E-state index in [0.717, 1.165) is 24.8 Å². The Balaban J connectivity index is 2.31. The van der Waals surface area contributed by atoms with E-state index in [1.807, 2.05) is 6.92 Å². The van der Waals surface area contributed by atoms with Gasteiger partial charge in [-0.1, -0.05) is 26.3 Å². The van der Waals surface area contributed by atoms with Gasteiger partial charge in [-0.2, -0.15) is 0 Å². The number of carboxylic acid groups (broad SMARTS) is 1. The highest BCUT2D eigenvalue weighted by molar-refractivity contribution is 5.70. The third kappa shape index (κ3) is 2.56. The van der Waals surface area contributed by atoms with Gasteiger partial charge in [0.1, 0.15) is 6.10 Å². The van der Waals surface area contributed by atoms with Crippen molar-refractivity contribution in [2.75, 3.05) is 0 Å². The lowest BCUT2D eigenvalue weighted by molar-refractivity contribution is -0.293. The van der Waals surface area contributed by atoms with Gasteiger partial charge >= 0.3 is 5.97 Å². The summed E-state index contributed by atoms with van der Waals surface area (Å²) in [7, 11) is 0. The van der Waals surface area contributed by atoms with Crippen molar-refractivity contribution in [3.8, 4) is 0 Å². The molecule has 1 saturated carbocycles. The zero-order chi connectivity index (χ0) is 14.2. The van der Waals surface area contributed by atoms with Crippen LogP contribution in [0.25, 0.3) is 0 Å². The summed E-state index contributed by atoms with van der Waals surface area (Å²) in [4.78, 5) is 16.0. The summed E-state index contributed by atoms with van der Waals surface area (Å²) in [5, 5.41) is 18.5. The van der Waals surface area contributed by atoms with Crippen molar-refractivity contribution in [1.29, 1.82) is 0 Å². The van der Waals surface area contributed by atoms with E-state index in [1.165, 1.54) is 0 Å². The Kier molecular flexibility index (Phi) is 4.31. The molecule has 0 spiro atoms. The van der Waals surface area contributed by atoms with Crippen molar-refractivity contribution in [2.24, 2.45) is 29.6 Å². The van der Waals surface area contributed by atoms with Gasteiger partial charge < -0.3 is 5.11 Å². The second-order valence-electron chi connectivity index (χ2n) is 6.30. The smallest absolute Gasteiger partial charge is 0.306 e. The van der Waals surface area contributed by atoms with Crippen LogP contribution >= 0.6 is 0 Å². The van der Waals surface area contributed by atoms with Crippen LogP contribution in [0, 0.1) is 29.6 Å². The molecule has 2 aliphatic rings. The van der Waals surface area contributed by atoms with Gasteiger partial charge in [-0.05, 0) is 49.0 Å². The fourth-order valence-electron chi connectivity index (χ4n) is 4.06. The number of aliphatic carboxylic acids is 1. The van der Waals surface area contributed by atoms with Crippen LogP contribution in [0.2, 0.25) is 0 Å². The van der Waals surface area contributed by atoms with Gasteiger partial charge in [0, 0.05) is 0 Å². The van der Waals surface area contributed by atoms with Crippen LogP contribution in [0.5, 0.6) is 0 Å². The van der Waals surface area contributed by atoms with Crippen molar-refractivity contribution in [2.45, 2.75) is 46.1 Å². The van der Waals surface area contributed by atoms with E-state index in [2.05, 4.69) is 13.0 Å². The van der Waals surface area contributed by atoms with Crippen LogP contribution in [0.4, 0.5) is 0 Å². The highest BCUT2D eigenvalue weighted by Gasteiger charge is 2.47. The maximum absolute atomic E-state index is 11.3. The lowest BCUT2D eigenvalue weighted by atomic mass is 9.58. The van der Waals surface area contributed by atoms with Gasteiger partial charge in [0.2, 0.25) is 0 Å². The number of fused-ring (bicyclic) bond motifs is 1. The molecule has 0 radical (unpaired) electrons. The Bertz CT molecular complexity index is 376. The van der Waals surface area contributed by atoms with Gasteiger partial charge in [-0.25, -0.2) is 4.89 Å². The minimum absolute atomic E-state index is 0.0829. The molecular weight excluding hydrogens is 244 g/mol. The van der Waals surface area contributed by atoms with Crippen LogP contribution < -0.4 is 0 Å². The van der Waals surface area contributed by atoms with E-state index >= 15 is 0 Å². The van der Waals surface area contributed by atoms with Gasteiger partial charge in [0.05, 0.1) is 5.92 Å². The molecule has 0 saturated heterocycles. The topological polar surface area (TPSA) is 66.8 Å². The van der Waals surface area contributed by atoms with Gasteiger partial charge in [-0.15, -0.1) is 0 Å². The predicted molar refractivity (Wildman–Crippen MR) is 71.5 cm³/mol. The Labute approximate surface area is 114 Å². The molecule has 4 nitrogen and oxygen atoms in total. The minimum atomic E-state index is -0.748. The highest BCUT2D eigenvalue weighted by Crippen LogP contribution is 2.49. The van der Waals surface area contributed by atoms with Gasteiger partial charge in [0.15, 0.2) is 0 Å². The monoisotopic (exact) mass is 268 g/mol. The zero-order valence-corrected chi connectivity index (χ0v) is 11.9. The van der Waals surface area contributed by atoms with Crippen LogP contribution in [0.15, 0.2) is 11.6 Å². The highest BCUT2D eigenvalue weighted by atomic mass is 17.1. The predicted octanol–water partition coefficient (Wildman–Crippen LogP) is 3.19. The molecule has 2 N–H and O–H groups in total. The van der Waals surface area contributed by atoms with E-state index in [-0.39, 0.29) is 23.9 Å². The molecule has 1 unspecified atom stereocenters. The van der Waals surface area contributed by atoms with Crippen molar-refractivity contribution >= 4 is 5.97 Å². The van der Waals surface area contributed by atoms with Gasteiger partial charge in [0.25, 0.3) is 0 Å². The number of carbonyl (C=O) groups is 1. The average Bonchev–Trinajstić information content (AvgIpc) is 2.38. The Morgan fingerprint density at radius 2 is 2.16 bits per heavy atom. The molecule has 6 atom stereocenters. The Morgan fingerprint density at radius 3 is 2.74 bits per heavy atom. The fraction of sp³-hybridized carbons (Fsp3) is 0.800. The number of allylic oxidation sites excluding steroid dienone is 1. The van der Waals surface area contributed by atoms with Crippen molar-refractivity contribution in [1.82, 2.24) is 0 Å². The van der Waals surface area contributed by atoms with Crippen molar-refractivity contribution in [3.63, 3.8) is 0 Å². The maximum atomic E-state index is 11.3. The first-order valence-electron chi connectivity index (χ1n) is 7.17. The van der Waals surface area contributed by atoms with Crippen molar-refractivity contribution in [3.05, 3.63) is 11.6 Å². The van der Waals surface area contributed by atoms with Crippen LogP contribution in [0.1, 0.15) is 40.0 Å². The standard InChI is InChI=1S/C15H24O4/c1-8-4-7-12(10(3)15(16)17)13-11(8)6-5-9(2)14(13)19-18/h5,8,10-14,18H,4,6-7H2,1-3H3,(H,16,17)/t8-,10-,11+,12+,13+,14?/m1/s1. The quantitative estimate of drug-likeness (QED) is 0.468. The molecule has 0 bridgehead atoms. The summed E-state index contributed by atoms with van der Waals surface area (Å²) in [5.41, 5.74) is 1.03. The average molecular weight is 268 g/mol.